The average molecular weight is 307 g/mol. The Morgan fingerprint density at radius 1 is 1.53 bits per heavy atom. The zero-order valence-electron chi connectivity index (χ0n) is 11.7. The number of aliphatic hydroxyl groups is 1. The van der Waals surface area contributed by atoms with Crippen molar-refractivity contribution in [1.29, 1.82) is 0 Å². The summed E-state index contributed by atoms with van der Waals surface area (Å²) >= 11 is 1.62. The lowest BCUT2D eigenvalue weighted by molar-refractivity contribution is 0.244. The van der Waals surface area contributed by atoms with Crippen molar-refractivity contribution < 1.29 is 17.9 Å². The van der Waals surface area contributed by atoms with Crippen molar-refractivity contribution in [3.05, 3.63) is 17.6 Å². The number of hydrogen-bond acceptors (Lipinski definition) is 5. The highest BCUT2D eigenvalue weighted by molar-refractivity contribution is 7.98. The van der Waals surface area contributed by atoms with Crippen LogP contribution in [0.2, 0.25) is 0 Å². The zero-order valence-corrected chi connectivity index (χ0v) is 13.3. The summed E-state index contributed by atoms with van der Waals surface area (Å²) in [5, 5.41) is 9.01. The minimum absolute atomic E-state index is 0.0492. The fourth-order valence-corrected chi connectivity index (χ4v) is 4.43. The lowest BCUT2D eigenvalue weighted by atomic mass is 10.3. The monoisotopic (exact) mass is 307 g/mol. The predicted octanol–water partition coefficient (Wildman–Crippen LogP) is 1.84. The second kappa shape index (κ2) is 6.78. The fourth-order valence-electron chi connectivity index (χ4n) is 1.88. The van der Waals surface area contributed by atoms with E-state index in [-0.39, 0.29) is 23.3 Å². The van der Waals surface area contributed by atoms with Crippen LogP contribution in [-0.2, 0) is 16.6 Å². The van der Waals surface area contributed by atoms with Gasteiger partial charge in [-0.1, -0.05) is 6.92 Å². The molecule has 0 aliphatic heterocycles. The Labute approximate surface area is 119 Å². The molecule has 0 aliphatic carbocycles. The Kier molecular flexibility index (Phi) is 5.91. The van der Waals surface area contributed by atoms with Gasteiger partial charge in [0.15, 0.2) is 0 Å². The molecule has 1 atom stereocenters. The molecule has 0 saturated carbocycles. The van der Waals surface area contributed by atoms with Crippen LogP contribution in [-0.4, -0.2) is 42.9 Å². The predicted molar refractivity (Wildman–Crippen MR) is 76.8 cm³/mol. The number of nitrogens with zero attached hydrogens (tertiary/aromatic N) is 1. The Balaban J connectivity index is 3.11. The molecule has 110 valence electrons. The van der Waals surface area contributed by atoms with Gasteiger partial charge in [-0.15, -0.1) is 0 Å². The van der Waals surface area contributed by atoms with E-state index in [1.54, 1.807) is 25.7 Å². The van der Waals surface area contributed by atoms with Crippen LogP contribution in [0, 0.1) is 6.92 Å². The molecule has 0 bridgehead atoms. The number of hydrogen-bond donors (Lipinski definition) is 1. The van der Waals surface area contributed by atoms with Crippen molar-refractivity contribution in [3.63, 3.8) is 0 Å². The quantitative estimate of drug-likeness (QED) is 0.832. The van der Waals surface area contributed by atoms with Gasteiger partial charge in [0.2, 0.25) is 10.0 Å². The highest BCUT2D eigenvalue weighted by Gasteiger charge is 2.30. The molecule has 0 aliphatic rings. The third-order valence-corrected chi connectivity index (χ3v) is 5.82. The number of aryl methyl sites for hydroxylation is 1. The van der Waals surface area contributed by atoms with E-state index in [4.69, 9.17) is 9.52 Å². The standard InChI is InChI=1S/C12H21NO4S2/c1-5-10(8-18-4)13(3)19(15,16)12-6-11(7-14)17-9(12)2/h6,10,14H,5,7-8H2,1-4H3. The van der Waals surface area contributed by atoms with Gasteiger partial charge in [0.05, 0.1) is 0 Å². The molecule has 0 aromatic carbocycles. The first-order valence-corrected chi connectivity index (χ1v) is 8.89. The van der Waals surface area contributed by atoms with Gasteiger partial charge in [0.1, 0.15) is 23.0 Å². The van der Waals surface area contributed by atoms with E-state index in [1.165, 1.54) is 10.4 Å². The van der Waals surface area contributed by atoms with Crippen LogP contribution in [0.1, 0.15) is 24.9 Å². The summed E-state index contributed by atoms with van der Waals surface area (Å²) in [6.07, 6.45) is 2.70. The van der Waals surface area contributed by atoms with Gasteiger partial charge in [-0.25, -0.2) is 8.42 Å². The van der Waals surface area contributed by atoms with E-state index >= 15 is 0 Å². The minimum atomic E-state index is -3.58. The molecular formula is C12H21NO4S2. The number of furan rings is 1. The Morgan fingerprint density at radius 2 is 2.16 bits per heavy atom. The molecule has 0 fully saturated rings. The van der Waals surface area contributed by atoms with Crippen LogP contribution in [0.3, 0.4) is 0 Å². The SMILES string of the molecule is CCC(CSC)N(C)S(=O)(=O)c1cc(CO)oc1C. The smallest absolute Gasteiger partial charge is 0.246 e. The molecule has 5 nitrogen and oxygen atoms in total. The topological polar surface area (TPSA) is 70.8 Å². The van der Waals surface area contributed by atoms with Crippen LogP contribution in [0.25, 0.3) is 0 Å². The second-order valence-electron chi connectivity index (χ2n) is 4.33. The van der Waals surface area contributed by atoms with Gasteiger partial charge in [-0.2, -0.15) is 16.1 Å². The fraction of sp³-hybridized carbons (Fsp3) is 0.667. The van der Waals surface area contributed by atoms with Crippen molar-refractivity contribution in [1.82, 2.24) is 4.31 Å². The molecule has 1 heterocycles. The van der Waals surface area contributed by atoms with Crippen molar-refractivity contribution in [2.45, 2.75) is 37.8 Å². The van der Waals surface area contributed by atoms with Gasteiger partial charge < -0.3 is 9.52 Å². The highest BCUT2D eigenvalue weighted by atomic mass is 32.2. The molecule has 1 N–H and O–H groups in total. The molecule has 1 rings (SSSR count). The molecule has 7 heteroatoms. The van der Waals surface area contributed by atoms with Crippen molar-refractivity contribution in [2.75, 3.05) is 19.1 Å². The third-order valence-electron chi connectivity index (χ3n) is 3.08. The molecule has 0 saturated heterocycles. The summed E-state index contributed by atoms with van der Waals surface area (Å²) in [6, 6.07) is 1.35. The molecule has 0 radical (unpaired) electrons. The number of rotatable bonds is 7. The third kappa shape index (κ3) is 3.53. The van der Waals surface area contributed by atoms with Gasteiger partial charge >= 0.3 is 0 Å². The summed E-state index contributed by atoms with van der Waals surface area (Å²) in [6.45, 7) is 3.26. The average Bonchev–Trinajstić information content (AvgIpc) is 2.77. The summed E-state index contributed by atoms with van der Waals surface area (Å²) < 4.78 is 31.7. The van der Waals surface area contributed by atoms with Crippen molar-refractivity contribution >= 4 is 21.8 Å². The minimum Gasteiger partial charge on any atom is -0.462 e. The van der Waals surface area contributed by atoms with Crippen LogP contribution >= 0.6 is 11.8 Å². The number of aliphatic hydroxyl groups excluding tert-OH is 1. The second-order valence-corrected chi connectivity index (χ2v) is 7.21. The molecule has 1 aromatic rings. The van der Waals surface area contributed by atoms with E-state index in [1.807, 2.05) is 13.2 Å². The molecular weight excluding hydrogens is 286 g/mol. The normalized spacial score (nSPS) is 14.0. The van der Waals surface area contributed by atoms with E-state index in [0.717, 1.165) is 12.2 Å². The summed E-state index contributed by atoms with van der Waals surface area (Å²) in [5.74, 6) is 1.33. The highest BCUT2D eigenvalue weighted by Crippen LogP contribution is 2.25. The van der Waals surface area contributed by atoms with Gasteiger partial charge in [0.25, 0.3) is 0 Å². The van der Waals surface area contributed by atoms with Crippen LogP contribution in [0.4, 0.5) is 0 Å². The number of sulfonamides is 1. The van der Waals surface area contributed by atoms with Gasteiger partial charge in [-0.05, 0) is 19.6 Å². The summed E-state index contributed by atoms with van der Waals surface area (Å²) in [7, 11) is -1.99. The number of thioether (sulfide) groups is 1. The van der Waals surface area contributed by atoms with Gasteiger partial charge in [0, 0.05) is 24.9 Å². The maximum absolute atomic E-state index is 12.5. The van der Waals surface area contributed by atoms with E-state index in [0.29, 0.717) is 5.76 Å². The van der Waals surface area contributed by atoms with Crippen LogP contribution < -0.4 is 0 Å². The zero-order chi connectivity index (χ0) is 14.6. The Bertz CT molecular complexity index is 510. The molecule has 0 spiro atoms. The summed E-state index contributed by atoms with van der Waals surface area (Å²) in [4.78, 5) is 0.138. The van der Waals surface area contributed by atoms with Crippen molar-refractivity contribution in [3.8, 4) is 0 Å². The Morgan fingerprint density at radius 3 is 2.58 bits per heavy atom. The maximum atomic E-state index is 12.5. The van der Waals surface area contributed by atoms with Crippen LogP contribution in [0.5, 0.6) is 0 Å². The first-order chi connectivity index (χ1) is 8.88. The van der Waals surface area contributed by atoms with Crippen LogP contribution in [0.15, 0.2) is 15.4 Å². The summed E-state index contributed by atoms with van der Waals surface area (Å²) in [5.41, 5.74) is 0. The van der Waals surface area contributed by atoms with Gasteiger partial charge in [-0.3, -0.25) is 0 Å². The van der Waals surface area contributed by atoms with Crippen molar-refractivity contribution in [2.24, 2.45) is 0 Å². The molecule has 0 amide bonds. The first kappa shape index (κ1) is 16.6. The Hall–Kier alpha value is -0.500. The largest absolute Gasteiger partial charge is 0.462 e. The maximum Gasteiger partial charge on any atom is 0.246 e. The molecule has 1 aromatic heterocycles. The lowest BCUT2D eigenvalue weighted by Gasteiger charge is -2.25. The first-order valence-electron chi connectivity index (χ1n) is 6.05. The van der Waals surface area contributed by atoms with E-state index in [9.17, 15) is 8.42 Å². The lowest BCUT2D eigenvalue weighted by Crippen LogP contribution is -2.38. The van der Waals surface area contributed by atoms with E-state index in [2.05, 4.69) is 0 Å². The van der Waals surface area contributed by atoms with E-state index < -0.39 is 10.0 Å². The molecule has 1 unspecified atom stereocenters. The molecule has 19 heavy (non-hydrogen) atoms.